The molecule has 88 valence electrons. The van der Waals surface area contributed by atoms with Crippen LogP contribution in [0.25, 0.3) is 0 Å². The molecule has 4 nitrogen and oxygen atoms in total. The zero-order valence-electron chi connectivity index (χ0n) is 9.82. The Morgan fingerprint density at radius 3 is 2.60 bits per heavy atom. The van der Waals surface area contributed by atoms with Crippen LogP contribution in [0.1, 0.15) is 20.8 Å². The molecule has 0 aliphatic carbocycles. The maximum Gasteiger partial charge on any atom is 0.227 e. The first-order chi connectivity index (χ1) is 7.02. The quantitative estimate of drug-likeness (QED) is 0.710. The summed E-state index contributed by atoms with van der Waals surface area (Å²) in [5, 5.41) is 2.94. The van der Waals surface area contributed by atoms with Crippen LogP contribution in [-0.2, 0) is 9.53 Å². The largest absolute Gasteiger partial charge is 0.379 e. The monoisotopic (exact) mass is 214 g/mol. The summed E-state index contributed by atoms with van der Waals surface area (Å²) >= 11 is 0. The molecule has 0 bridgehead atoms. The minimum absolute atomic E-state index is 0.0347. The predicted molar refractivity (Wildman–Crippen MR) is 59.3 cm³/mol. The van der Waals surface area contributed by atoms with Crippen molar-refractivity contribution < 1.29 is 9.53 Å². The van der Waals surface area contributed by atoms with Gasteiger partial charge in [-0.15, -0.1) is 0 Å². The van der Waals surface area contributed by atoms with Crippen LogP contribution < -0.4 is 11.1 Å². The second-order valence-electron chi connectivity index (χ2n) is 4.77. The molecule has 4 heteroatoms. The number of carbonyl (C=O) groups excluding carboxylic acids is 1. The van der Waals surface area contributed by atoms with Gasteiger partial charge in [0.1, 0.15) is 0 Å². The van der Waals surface area contributed by atoms with Gasteiger partial charge in [0.15, 0.2) is 0 Å². The molecular formula is C11H22N2O2. The Bertz CT molecular complexity index is 219. The summed E-state index contributed by atoms with van der Waals surface area (Å²) in [5.74, 6) is 0.947. The van der Waals surface area contributed by atoms with E-state index in [4.69, 9.17) is 10.5 Å². The van der Waals surface area contributed by atoms with E-state index < -0.39 is 0 Å². The van der Waals surface area contributed by atoms with Gasteiger partial charge in [-0.3, -0.25) is 4.79 Å². The Labute approximate surface area is 91.5 Å². The normalized spacial score (nSPS) is 28.1. The molecule has 3 unspecified atom stereocenters. The standard InChI is InChI=1S/C11H22N2O2/c1-7(2)8(3)4-13-11(14)9-5-15-6-10(9)12/h7-10H,4-6,12H2,1-3H3,(H,13,14). The van der Waals surface area contributed by atoms with Crippen molar-refractivity contribution in [1.82, 2.24) is 5.32 Å². The van der Waals surface area contributed by atoms with Gasteiger partial charge < -0.3 is 15.8 Å². The van der Waals surface area contributed by atoms with Gasteiger partial charge in [0.2, 0.25) is 5.91 Å². The maximum atomic E-state index is 11.7. The van der Waals surface area contributed by atoms with Crippen LogP contribution in [0.3, 0.4) is 0 Å². The number of nitrogens with two attached hydrogens (primary N) is 1. The van der Waals surface area contributed by atoms with Gasteiger partial charge in [-0.05, 0) is 11.8 Å². The summed E-state index contributed by atoms with van der Waals surface area (Å²) in [5.41, 5.74) is 5.76. The molecule has 3 atom stereocenters. The summed E-state index contributed by atoms with van der Waals surface area (Å²) in [6, 6.07) is -0.139. The Morgan fingerprint density at radius 1 is 1.47 bits per heavy atom. The molecule has 0 aromatic carbocycles. The summed E-state index contributed by atoms with van der Waals surface area (Å²) in [7, 11) is 0. The first-order valence-corrected chi connectivity index (χ1v) is 5.63. The second kappa shape index (κ2) is 5.47. The number of rotatable bonds is 4. The maximum absolute atomic E-state index is 11.7. The van der Waals surface area contributed by atoms with E-state index in [0.29, 0.717) is 25.0 Å². The summed E-state index contributed by atoms with van der Waals surface area (Å²) in [4.78, 5) is 11.7. The minimum Gasteiger partial charge on any atom is -0.379 e. The Morgan fingerprint density at radius 2 is 2.13 bits per heavy atom. The molecule has 3 N–H and O–H groups in total. The van der Waals surface area contributed by atoms with E-state index in [9.17, 15) is 4.79 Å². The zero-order valence-corrected chi connectivity index (χ0v) is 9.82. The van der Waals surface area contributed by atoms with Crippen LogP contribution in [0.5, 0.6) is 0 Å². The molecule has 1 amide bonds. The van der Waals surface area contributed by atoms with Gasteiger partial charge in [-0.25, -0.2) is 0 Å². The second-order valence-corrected chi connectivity index (χ2v) is 4.77. The topological polar surface area (TPSA) is 64.3 Å². The molecule has 1 heterocycles. The van der Waals surface area contributed by atoms with Crippen LogP contribution in [0.15, 0.2) is 0 Å². The van der Waals surface area contributed by atoms with Crippen molar-refractivity contribution in [3.63, 3.8) is 0 Å². The lowest BCUT2D eigenvalue weighted by atomic mass is 9.97. The summed E-state index contributed by atoms with van der Waals surface area (Å²) in [6.45, 7) is 8.12. The third-order valence-corrected chi connectivity index (χ3v) is 3.20. The van der Waals surface area contributed by atoms with Crippen LogP contribution >= 0.6 is 0 Å². The molecule has 0 spiro atoms. The molecule has 0 radical (unpaired) electrons. The van der Waals surface area contributed by atoms with E-state index >= 15 is 0 Å². The van der Waals surface area contributed by atoms with Crippen LogP contribution in [0.2, 0.25) is 0 Å². The SMILES string of the molecule is CC(C)C(C)CNC(=O)C1COCC1N. The Hall–Kier alpha value is -0.610. The van der Waals surface area contributed by atoms with Gasteiger partial charge in [0.25, 0.3) is 0 Å². The van der Waals surface area contributed by atoms with Crippen molar-refractivity contribution in [3.05, 3.63) is 0 Å². The smallest absolute Gasteiger partial charge is 0.227 e. The van der Waals surface area contributed by atoms with Crippen molar-refractivity contribution in [2.75, 3.05) is 19.8 Å². The van der Waals surface area contributed by atoms with E-state index in [1.807, 2.05) is 0 Å². The molecule has 1 aliphatic heterocycles. The molecule has 1 rings (SSSR count). The molecule has 0 aromatic heterocycles. The molecule has 1 aliphatic rings. The highest BCUT2D eigenvalue weighted by atomic mass is 16.5. The Balaban J connectivity index is 2.29. The highest BCUT2D eigenvalue weighted by Gasteiger charge is 2.31. The lowest BCUT2D eigenvalue weighted by Crippen LogP contribution is -2.42. The third-order valence-electron chi connectivity index (χ3n) is 3.20. The fraction of sp³-hybridized carbons (Fsp3) is 0.909. The number of hydrogen-bond donors (Lipinski definition) is 2. The fourth-order valence-corrected chi connectivity index (χ4v) is 1.47. The molecule has 1 saturated heterocycles. The van der Waals surface area contributed by atoms with E-state index in [0.717, 1.165) is 6.54 Å². The van der Waals surface area contributed by atoms with Crippen molar-refractivity contribution >= 4 is 5.91 Å². The molecule has 0 aromatic rings. The number of amides is 1. The van der Waals surface area contributed by atoms with Gasteiger partial charge in [0, 0.05) is 12.6 Å². The van der Waals surface area contributed by atoms with Gasteiger partial charge in [-0.2, -0.15) is 0 Å². The van der Waals surface area contributed by atoms with Crippen molar-refractivity contribution in [1.29, 1.82) is 0 Å². The predicted octanol–water partition coefficient (Wildman–Crippen LogP) is 0.368. The van der Waals surface area contributed by atoms with E-state index in [1.165, 1.54) is 0 Å². The summed E-state index contributed by atoms with van der Waals surface area (Å²) in [6.07, 6.45) is 0. The minimum atomic E-state index is -0.163. The number of ether oxygens (including phenoxy) is 1. The number of carbonyl (C=O) groups is 1. The molecule has 0 saturated carbocycles. The lowest BCUT2D eigenvalue weighted by Gasteiger charge is -2.18. The van der Waals surface area contributed by atoms with Gasteiger partial charge in [0.05, 0.1) is 19.1 Å². The van der Waals surface area contributed by atoms with Crippen molar-refractivity contribution in [2.24, 2.45) is 23.5 Å². The highest BCUT2D eigenvalue weighted by Crippen LogP contribution is 2.12. The molecule has 15 heavy (non-hydrogen) atoms. The van der Waals surface area contributed by atoms with Crippen LogP contribution in [0, 0.1) is 17.8 Å². The average molecular weight is 214 g/mol. The van der Waals surface area contributed by atoms with Crippen LogP contribution in [-0.4, -0.2) is 31.7 Å². The van der Waals surface area contributed by atoms with Crippen molar-refractivity contribution in [2.45, 2.75) is 26.8 Å². The zero-order chi connectivity index (χ0) is 11.4. The first kappa shape index (κ1) is 12.5. The van der Waals surface area contributed by atoms with E-state index in [1.54, 1.807) is 0 Å². The van der Waals surface area contributed by atoms with E-state index in [-0.39, 0.29) is 17.9 Å². The highest BCUT2D eigenvalue weighted by molar-refractivity contribution is 5.79. The Kier molecular flexibility index (Phi) is 4.54. The van der Waals surface area contributed by atoms with Crippen LogP contribution in [0.4, 0.5) is 0 Å². The van der Waals surface area contributed by atoms with E-state index in [2.05, 4.69) is 26.1 Å². The molecular weight excluding hydrogens is 192 g/mol. The molecule has 1 fully saturated rings. The number of hydrogen-bond acceptors (Lipinski definition) is 3. The fourth-order valence-electron chi connectivity index (χ4n) is 1.47. The van der Waals surface area contributed by atoms with Gasteiger partial charge >= 0.3 is 0 Å². The third kappa shape index (κ3) is 3.47. The van der Waals surface area contributed by atoms with Crippen molar-refractivity contribution in [3.8, 4) is 0 Å². The summed E-state index contributed by atoms with van der Waals surface area (Å²) < 4.78 is 5.16. The first-order valence-electron chi connectivity index (χ1n) is 5.63. The number of nitrogens with one attached hydrogen (secondary N) is 1. The van der Waals surface area contributed by atoms with Gasteiger partial charge in [-0.1, -0.05) is 20.8 Å². The average Bonchev–Trinajstić information content (AvgIpc) is 2.60. The lowest BCUT2D eigenvalue weighted by molar-refractivity contribution is -0.125.